The first kappa shape index (κ1) is 12.8. The van der Waals surface area contributed by atoms with Crippen molar-refractivity contribution in [3.63, 3.8) is 0 Å². The lowest BCUT2D eigenvalue weighted by atomic mass is 9.79. The van der Waals surface area contributed by atoms with Gasteiger partial charge in [0.2, 0.25) is 0 Å². The Labute approximate surface area is 118 Å². The first-order valence-corrected chi connectivity index (χ1v) is 7.02. The minimum Gasteiger partial charge on any atom is -0.289 e. The van der Waals surface area contributed by atoms with Crippen LogP contribution in [0.2, 0.25) is 0 Å². The average Bonchev–Trinajstić information content (AvgIpc) is 2.51. The number of hydrogen-bond acceptors (Lipinski definition) is 2. The molecular weight excluding hydrogens is 248 g/mol. The number of benzene rings is 2. The molecule has 3 rings (SSSR count). The zero-order chi connectivity index (χ0) is 14.3. The molecule has 0 aliphatic heterocycles. The number of aryl methyl sites for hydroxylation is 1. The van der Waals surface area contributed by atoms with Crippen molar-refractivity contribution in [2.24, 2.45) is 0 Å². The molecule has 1 aliphatic carbocycles. The summed E-state index contributed by atoms with van der Waals surface area (Å²) in [5.74, 6) is -0.0464. The van der Waals surface area contributed by atoms with Crippen molar-refractivity contribution in [2.75, 3.05) is 0 Å². The van der Waals surface area contributed by atoms with Crippen LogP contribution in [0, 0.1) is 0 Å². The fraction of sp³-hybridized carbons (Fsp3) is 0.222. The summed E-state index contributed by atoms with van der Waals surface area (Å²) >= 11 is 0. The van der Waals surface area contributed by atoms with Crippen molar-refractivity contribution in [1.82, 2.24) is 0 Å². The molecule has 0 saturated carbocycles. The third kappa shape index (κ3) is 1.64. The second-order valence-electron chi connectivity index (χ2n) is 5.04. The Morgan fingerprint density at radius 3 is 2.00 bits per heavy atom. The van der Waals surface area contributed by atoms with Crippen LogP contribution in [-0.4, -0.2) is 11.6 Å². The molecule has 2 aromatic rings. The molecule has 20 heavy (non-hydrogen) atoms. The SMILES string of the molecule is CCc1ccc2c(c1CC)C(=O)c1ccccc1C2=O. The molecule has 0 atom stereocenters. The van der Waals surface area contributed by atoms with Crippen molar-refractivity contribution in [3.8, 4) is 0 Å². The summed E-state index contributed by atoms with van der Waals surface area (Å²) in [6.45, 7) is 4.11. The minimum atomic E-state index is -0.0347. The average molecular weight is 264 g/mol. The van der Waals surface area contributed by atoms with Crippen LogP contribution >= 0.6 is 0 Å². The van der Waals surface area contributed by atoms with E-state index in [9.17, 15) is 9.59 Å². The van der Waals surface area contributed by atoms with Gasteiger partial charge in [-0.1, -0.05) is 44.2 Å². The van der Waals surface area contributed by atoms with Gasteiger partial charge in [0.1, 0.15) is 0 Å². The van der Waals surface area contributed by atoms with E-state index >= 15 is 0 Å². The maximum absolute atomic E-state index is 12.7. The number of carbonyl (C=O) groups is 2. The highest BCUT2D eigenvalue weighted by Crippen LogP contribution is 2.31. The van der Waals surface area contributed by atoms with Crippen LogP contribution in [0.15, 0.2) is 36.4 Å². The van der Waals surface area contributed by atoms with Crippen LogP contribution in [0.1, 0.15) is 56.8 Å². The Bertz CT molecular complexity index is 726. The minimum absolute atomic E-state index is 0.0117. The Morgan fingerprint density at radius 2 is 1.40 bits per heavy atom. The number of carbonyl (C=O) groups excluding carboxylic acids is 2. The first-order valence-electron chi connectivity index (χ1n) is 7.02. The van der Waals surface area contributed by atoms with E-state index in [1.54, 1.807) is 18.2 Å². The van der Waals surface area contributed by atoms with E-state index in [2.05, 4.69) is 6.92 Å². The molecule has 2 aromatic carbocycles. The third-order valence-electron chi connectivity index (χ3n) is 4.03. The van der Waals surface area contributed by atoms with Crippen molar-refractivity contribution in [3.05, 3.63) is 69.8 Å². The summed E-state index contributed by atoms with van der Waals surface area (Å²) in [6.07, 6.45) is 1.65. The van der Waals surface area contributed by atoms with Gasteiger partial charge in [-0.2, -0.15) is 0 Å². The van der Waals surface area contributed by atoms with E-state index in [1.165, 1.54) is 0 Å². The van der Waals surface area contributed by atoms with E-state index in [4.69, 9.17) is 0 Å². The third-order valence-corrected chi connectivity index (χ3v) is 4.03. The fourth-order valence-corrected chi connectivity index (χ4v) is 3.03. The topological polar surface area (TPSA) is 34.1 Å². The van der Waals surface area contributed by atoms with Crippen LogP contribution < -0.4 is 0 Å². The fourth-order valence-electron chi connectivity index (χ4n) is 3.03. The first-order chi connectivity index (χ1) is 9.69. The molecule has 0 fully saturated rings. The van der Waals surface area contributed by atoms with Gasteiger partial charge in [-0.05, 0) is 30.0 Å². The van der Waals surface area contributed by atoms with Gasteiger partial charge in [0.25, 0.3) is 0 Å². The van der Waals surface area contributed by atoms with Gasteiger partial charge in [-0.3, -0.25) is 9.59 Å². The van der Waals surface area contributed by atoms with E-state index in [0.29, 0.717) is 22.3 Å². The van der Waals surface area contributed by atoms with Crippen molar-refractivity contribution in [1.29, 1.82) is 0 Å². The van der Waals surface area contributed by atoms with Gasteiger partial charge >= 0.3 is 0 Å². The molecule has 0 unspecified atom stereocenters. The summed E-state index contributed by atoms with van der Waals surface area (Å²) in [7, 11) is 0. The van der Waals surface area contributed by atoms with Crippen LogP contribution in [0.5, 0.6) is 0 Å². The number of rotatable bonds is 2. The maximum atomic E-state index is 12.7. The van der Waals surface area contributed by atoms with E-state index in [1.807, 2.05) is 25.1 Å². The molecule has 0 aromatic heterocycles. The number of fused-ring (bicyclic) bond motifs is 2. The van der Waals surface area contributed by atoms with Crippen molar-refractivity contribution >= 4 is 11.6 Å². The lowest BCUT2D eigenvalue weighted by Crippen LogP contribution is -2.23. The summed E-state index contributed by atoms with van der Waals surface area (Å²) < 4.78 is 0. The summed E-state index contributed by atoms with van der Waals surface area (Å²) in [6, 6.07) is 10.9. The van der Waals surface area contributed by atoms with Crippen LogP contribution in [-0.2, 0) is 12.8 Å². The molecule has 0 bridgehead atoms. The van der Waals surface area contributed by atoms with Gasteiger partial charge in [0.05, 0.1) is 0 Å². The van der Waals surface area contributed by atoms with Crippen molar-refractivity contribution < 1.29 is 9.59 Å². The Morgan fingerprint density at radius 1 is 0.750 bits per heavy atom. The maximum Gasteiger partial charge on any atom is 0.194 e. The molecule has 0 heterocycles. The Kier molecular flexibility index (Phi) is 3.01. The highest BCUT2D eigenvalue weighted by molar-refractivity contribution is 6.28. The molecule has 0 spiro atoms. The van der Waals surface area contributed by atoms with E-state index in [0.717, 1.165) is 24.0 Å². The number of hydrogen-bond donors (Lipinski definition) is 0. The molecule has 0 saturated heterocycles. The molecule has 1 aliphatic rings. The van der Waals surface area contributed by atoms with Gasteiger partial charge < -0.3 is 0 Å². The lowest BCUT2D eigenvalue weighted by molar-refractivity contribution is 0.0978. The summed E-state index contributed by atoms with van der Waals surface area (Å²) in [5, 5.41) is 0. The molecule has 2 nitrogen and oxygen atoms in total. The van der Waals surface area contributed by atoms with Crippen LogP contribution in [0.3, 0.4) is 0 Å². The standard InChI is InChI=1S/C18H16O2/c1-3-11-9-10-15-16(12(11)4-2)18(20)14-8-6-5-7-13(14)17(15)19/h5-10H,3-4H2,1-2H3. The smallest absolute Gasteiger partial charge is 0.194 e. The molecular formula is C18H16O2. The Hall–Kier alpha value is -2.22. The second-order valence-corrected chi connectivity index (χ2v) is 5.04. The monoisotopic (exact) mass is 264 g/mol. The summed E-state index contributed by atoms with van der Waals surface area (Å²) in [5.41, 5.74) is 4.42. The molecule has 2 heteroatoms. The Balaban J connectivity index is 2.33. The molecule has 0 radical (unpaired) electrons. The highest BCUT2D eigenvalue weighted by atomic mass is 16.1. The molecule has 0 amide bonds. The zero-order valence-electron chi connectivity index (χ0n) is 11.7. The normalized spacial score (nSPS) is 13.1. The quantitative estimate of drug-likeness (QED) is 0.709. The molecule has 0 N–H and O–H groups in total. The van der Waals surface area contributed by atoms with Gasteiger partial charge in [-0.25, -0.2) is 0 Å². The van der Waals surface area contributed by atoms with Crippen molar-refractivity contribution in [2.45, 2.75) is 26.7 Å². The summed E-state index contributed by atoms with van der Waals surface area (Å²) in [4.78, 5) is 25.3. The van der Waals surface area contributed by atoms with Crippen LogP contribution in [0.4, 0.5) is 0 Å². The van der Waals surface area contributed by atoms with Gasteiger partial charge in [-0.15, -0.1) is 0 Å². The van der Waals surface area contributed by atoms with E-state index in [-0.39, 0.29) is 11.6 Å². The lowest BCUT2D eigenvalue weighted by Gasteiger charge is -2.21. The largest absolute Gasteiger partial charge is 0.289 e. The highest BCUT2D eigenvalue weighted by Gasteiger charge is 2.31. The van der Waals surface area contributed by atoms with Crippen LogP contribution in [0.25, 0.3) is 0 Å². The second kappa shape index (κ2) is 4.71. The van der Waals surface area contributed by atoms with E-state index < -0.39 is 0 Å². The zero-order valence-corrected chi connectivity index (χ0v) is 11.7. The van der Waals surface area contributed by atoms with Gasteiger partial charge in [0.15, 0.2) is 11.6 Å². The number of ketones is 2. The predicted octanol–water partition coefficient (Wildman–Crippen LogP) is 3.59. The van der Waals surface area contributed by atoms with Gasteiger partial charge in [0, 0.05) is 22.3 Å². The molecule has 100 valence electrons. The predicted molar refractivity (Wildman–Crippen MR) is 78.5 cm³/mol.